The molecule has 0 bridgehead atoms. The zero-order chi connectivity index (χ0) is 8.97. The molecule has 68 valence electrons. The molecule has 0 saturated carbocycles. The summed E-state index contributed by atoms with van der Waals surface area (Å²) in [5.41, 5.74) is 5.45. The number of aryl methyl sites for hydroxylation is 1. The molecule has 0 aliphatic heterocycles. The van der Waals surface area contributed by atoms with Gasteiger partial charge in [0.15, 0.2) is 0 Å². The molecule has 3 N–H and O–H groups in total. The maximum Gasteiger partial charge on any atom is 0.117 e. The molecule has 3 heteroatoms. The van der Waals surface area contributed by atoms with Crippen molar-refractivity contribution in [1.82, 2.24) is 5.32 Å². The van der Waals surface area contributed by atoms with Crippen LogP contribution in [0.15, 0.2) is 16.5 Å². The van der Waals surface area contributed by atoms with Crippen LogP contribution in [0.25, 0.3) is 0 Å². The summed E-state index contributed by atoms with van der Waals surface area (Å²) in [5, 5.41) is 3.24. The van der Waals surface area contributed by atoms with E-state index in [0.717, 1.165) is 18.1 Å². The third kappa shape index (κ3) is 2.68. The molecule has 0 spiro atoms. The summed E-state index contributed by atoms with van der Waals surface area (Å²) in [6.07, 6.45) is 0. The monoisotopic (exact) mass is 168 g/mol. The van der Waals surface area contributed by atoms with Gasteiger partial charge < -0.3 is 15.5 Å². The first-order valence-corrected chi connectivity index (χ1v) is 4.21. The van der Waals surface area contributed by atoms with Crippen LogP contribution in [0.1, 0.15) is 18.4 Å². The second-order valence-corrected chi connectivity index (χ2v) is 3.03. The van der Waals surface area contributed by atoms with Gasteiger partial charge in [0.1, 0.15) is 11.5 Å². The van der Waals surface area contributed by atoms with Gasteiger partial charge in [-0.25, -0.2) is 0 Å². The Kier molecular flexibility index (Phi) is 3.31. The fourth-order valence-corrected chi connectivity index (χ4v) is 0.938. The minimum absolute atomic E-state index is 0.343. The van der Waals surface area contributed by atoms with E-state index in [2.05, 4.69) is 12.2 Å². The number of furan rings is 1. The van der Waals surface area contributed by atoms with Gasteiger partial charge in [0, 0.05) is 12.6 Å². The molecule has 0 saturated heterocycles. The fourth-order valence-electron chi connectivity index (χ4n) is 0.938. The molecule has 0 radical (unpaired) electrons. The Bertz CT molecular complexity index is 232. The predicted octanol–water partition coefficient (Wildman–Crippen LogP) is 1.02. The van der Waals surface area contributed by atoms with Crippen molar-refractivity contribution in [2.75, 3.05) is 6.54 Å². The summed E-state index contributed by atoms with van der Waals surface area (Å²) >= 11 is 0. The first-order chi connectivity index (χ1) is 5.72. The van der Waals surface area contributed by atoms with Crippen molar-refractivity contribution < 1.29 is 4.42 Å². The van der Waals surface area contributed by atoms with Crippen LogP contribution in [0, 0.1) is 6.92 Å². The standard InChI is InChI=1S/C9H16N2O/c1-7(5-10)11-6-9-4-3-8(2)12-9/h3-4,7,11H,5-6,10H2,1-2H3/t7-/m1/s1. The molecular formula is C9H16N2O. The van der Waals surface area contributed by atoms with E-state index in [0.29, 0.717) is 12.6 Å². The highest BCUT2D eigenvalue weighted by Crippen LogP contribution is 2.05. The molecule has 1 rings (SSSR count). The smallest absolute Gasteiger partial charge is 0.117 e. The summed E-state index contributed by atoms with van der Waals surface area (Å²) in [7, 11) is 0. The maximum absolute atomic E-state index is 5.45. The zero-order valence-corrected chi connectivity index (χ0v) is 7.63. The van der Waals surface area contributed by atoms with Gasteiger partial charge in [-0.15, -0.1) is 0 Å². The molecule has 0 aliphatic rings. The number of hydrogen-bond donors (Lipinski definition) is 2. The lowest BCUT2D eigenvalue weighted by Crippen LogP contribution is -2.32. The van der Waals surface area contributed by atoms with Crippen molar-refractivity contribution >= 4 is 0 Å². The Morgan fingerprint density at radius 3 is 2.83 bits per heavy atom. The third-order valence-corrected chi connectivity index (χ3v) is 1.77. The van der Waals surface area contributed by atoms with Crippen LogP contribution in [-0.2, 0) is 6.54 Å². The van der Waals surface area contributed by atoms with E-state index >= 15 is 0 Å². The van der Waals surface area contributed by atoms with Gasteiger partial charge in [0.05, 0.1) is 6.54 Å². The van der Waals surface area contributed by atoms with Gasteiger partial charge in [-0.2, -0.15) is 0 Å². The van der Waals surface area contributed by atoms with Gasteiger partial charge in [0.2, 0.25) is 0 Å². The minimum Gasteiger partial charge on any atom is -0.465 e. The second-order valence-electron chi connectivity index (χ2n) is 3.03. The quantitative estimate of drug-likeness (QED) is 0.706. The second kappa shape index (κ2) is 4.28. The van der Waals surface area contributed by atoms with Crippen molar-refractivity contribution in [2.24, 2.45) is 5.73 Å². The summed E-state index contributed by atoms with van der Waals surface area (Å²) in [6.45, 7) is 5.40. The number of nitrogens with two attached hydrogens (primary N) is 1. The Morgan fingerprint density at radius 1 is 1.58 bits per heavy atom. The SMILES string of the molecule is Cc1ccc(CN[C@H](C)CN)o1. The molecule has 3 nitrogen and oxygen atoms in total. The van der Waals surface area contributed by atoms with E-state index in [1.54, 1.807) is 0 Å². The summed E-state index contributed by atoms with van der Waals surface area (Å²) in [6, 6.07) is 4.28. The first kappa shape index (κ1) is 9.29. The Morgan fingerprint density at radius 2 is 2.33 bits per heavy atom. The molecule has 12 heavy (non-hydrogen) atoms. The molecular weight excluding hydrogens is 152 g/mol. The van der Waals surface area contributed by atoms with Crippen LogP contribution < -0.4 is 11.1 Å². The molecule has 1 atom stereocenters. The highest BCUT2D eigenvalue weighted by Gasteiger charge is 2.00. The van der Waals surface area contributed by atoms with Crippen molar-refractivity contribution in [3.63, 3.8) is 0 Å². The molecule has 0 aliphatic carbocycles. The molecule has 1 aromatic heterocycles. The molecule has 0 fully saturated rings. The normalized spacial score (nSPS) is 13.2. The Labute approximate surface area is 72.9 Å². The first-order valence-electron chi connectivity index (χ1n) is 4.21. The summed E-state index contributed by atoms with van der Waals surface area (Å²) in [5.74, 6) is 1.92. The number of nitrogens with one attached hydrogen (secondary N) is 1. The molecule has 0 unspecified atom stereocenters. The maximum atomic E-state index is 5.45. The lowest BCUT2D eigenvalue weighted by Gasteiger charge is -2.08. The van der Waals surface area contributed by atoms with Crippen molar-refractivity contribution in [3.05, 3.63) is 23.7 Å². The number of rotatable bonds is 4. The van der Waals surface area contributed by atoms with E-state index in [1.807, 2.05) is 19.1 Å². The van der Waals surface area contributed by atoms with Crippen molar-refractivity contribution in [2.45, 2.75) is 26.4 Å². The lowest BCUT2D eigenvalue weighted by molar-refractivity contribution is 0.442. The average molecular weight is 168 g/mol. The van der Waals surface area contributed by atoms with Gasteiger partial charge in [-0.05, 0) is 26.0 Å². The Balaban J connectivity index is 2.33. The van der Waals surface area contributed by atoms with E-state index in [-0.39, 0.29) is 0 Å². The average Bonchev–Trinajstić information content (AvgIpc) is 2.47. The third-order valence-electron chi connectivity index (χ3n) is 1.77. The van der Waals surface area contributed by atoms with E-state index in [4.69, 9.17) is 10.2 Å². The topological polar surface area (TPSA) is 51.2 Å². The van der Waals surface area contributed by atoms with Gasteiger partial charge in [0.25, 0.3) is 0 Å². The summed E-state index contributed by atoms with van der Waals surface area (Å²) in [4.78, 5) is 0. The van der Waals surface area contributed by atoms with Crippen LogP contribution in [0.4, 0.5) is 0 Å². The molecule has 0 amide bonds. The fraction of sp³-hybridized carbons (Fsp3) is 0.556. The predicted molar refractivity (Wildman–Crippen MR) is 48.8 cm³/mol. The van der Waals surface area contributed by atoms with E-state index in [1.165, 1.54) is 0 Å². The molecule has 1 aromatic rings. The number of hydrogen-bond acceptors (Lipinski definition) is 3. The van der Waals surface area contributed by atoms with Crippen LogP contribution in [0.3, 0.4) is 0 Å². The highest BCUT2D eigenvalue weighted by atomic mass is 16.3. The van der Waals surface area contributed by atoms with Crippen molar-refractivity contribution in [3.8, 4) is 0 Å². The van der Waals surface area contributed by atoms with Crippen molar-refractivity contribution in [1.29, 1.82) is 0 Å². The highest BCUT2D eigenvalue weighted by molar-refractivity contribution is 5.05. The molecule has 0 aromatic carbocycles. The zero-order valence-electron chi connectivity index (χ0n) is 7.63. The lowest BCUT2D eigenvalue weighted by atomic mass is 10.3. The van der Waals surface area contributed by atoms with E-state index in [9.17, 15) is 0 Å². The molecule has 1 heterocycles. The largest absolute Gasteiger partial charge is 0.465 e. The van der Waals surface area contributed by atoms with Crippen LogP contribution in [-0.4, -0.2) is 12.6 Å². The van der Waals surface area contributed by atoms with Gasteiger partial charge in [-0.1, -0.05) is 0 Å². The van der Waals surface area contributed by atoms with Crippen LogP contribution in [0.5, 0.6) is 0 Å². The summed E-state index contributed by atoms with van der Waals surface area (Å²) < 4.78 is 5.38. The van der Waals surface area contributed by atoms with Gasteiger partial charge in [-0.3, -0.25) is 0 Å². The van der Waals surface area contributed by atoms with E-state index < -0.39 is 0 Å². The van der Waals surface area contributed by atoms with Gasteiger partial charge >= 0.3 is 0 Å². The van der Waals surface area contributed by atoms with Crippen LogP contribution >= 0.6 is 0 Å². The Hall–Kier alpha value is -0.800. The van der Waals surface area contributed by atoms with Crippen LogP contribution in [0.2, 0.25) is 0 Å². The minimum atomic E-state index is 0.343.